The molecule has 0 saturated heterocycles. The third-order valence-electron chi connectivity index (χ3n) is 2.60. The minimum atomic E-state index is -0.693. The highest BCUT2D eigenvalue weighted by atomic mass is 19.1. The average molecular weight is 268 g/mol. The van der Waals surface area contributed by atoms with Gasteiger partial charge in [-0.2, -0.15) is 0 Å². The van der Waals surface area contributed by atoms with Gasteiger partial charge in [-0.1, -0.05) is 13.8 Å². The maximum Gasteiger partial charge on any atom is 0.282 e. The Bertz CT molecular complexity index is 489. The predicted molar refractivity (Wildman–Crippen MR) is 69.4 cm³/mol. The molecule has 0 heterocycles. The van der Waals surface area contributed by atoms with Crippen LogP contribution in [0.15, 0.2) is 18.2 Å². The molecule has 1 N–H and O–H groups in total. The van der Waals surface area contributed by atoms with E-state index < -0.39 is 22.3 Å². The summed E-state index contributed by atoms with van der Waals surface area (Å²) in [4.78, 5) is 22.0. The smallest absolute Gasteiger partial charge is 0.282 e. The zero-order valence-corrected chi connectivity index (χ0v) is 11.1. The number of rotatable bonds is 5. The highest BCUT2D eigenvalue weighted by Crippen LogP contribution is 2.19. The minimum absolute atomic E-state index is 0.129. The molecule has 0 aliphatic heterocycles. The van der Waals surface area contributed by atoms with Gasteiger partial charge in [-0.3, -0.25) is 14.9 Å². The molecule has 0 fully saturated rings. The Hall–Kier alpha value is -1.98. The molecule has 5 nitrogen and oxygen atoms in total. The maximum atomic E-state index is 13.1. The maximum absolute atomic E-state index is 13.1. The van der Waals surface area contributed by atoms with E-state index in [9.17, 15) is 19.3 Å². The van der Waals surface area contributed by atoms with Gasteiger partial charge < -0.3 is 5.32 Å². The molecular weight excluding hydrogens is 251 g/mol. The number of carbonyl (C=O) groups is 1. The number of halogens is 1. The van der Waals surface area contributed by atoms with Crippen molar-refractivity contribution in [3.05, 3.63) is 39.7 Å². The number of amides is 1. The van der Waals surface area contributed by atoms with Gasteiger partial charge in [0.05, 0.1) is 4.92 Å². The molecule has 0 aromatic heterocycles. The summed E-state index contributed by atoms with van der Waals surface area (Å²) in [6.07, 6.45) is 0.745. The molecule has 6 heteroatoms. The molecule has 1 unspecified atom stereocenters. The highest BCUT2D eigenvalue weighted by molar-refractivity contribution is 5.98. The molecule has 1 rings (SSSR count). The van der Waals surface area contributed by atoms with Gasteiger partial charge in [0.2, 0.25) is 0 Å². The second-order valence-electron chi connectivity index (χ2n) is 4.92. The summed E-state index contributed by atoms with van der Waals surface area (Å²) in [5.74, 6) is -0.913. The van der Waals surface area contributed by atoms with Crippen molar-refractivity contribution in [3.8, 4) is 0 Å². The number of hydrogen-bond donors (Lipinski definition) is 1. The van der Waals surface area contributed by atoms with Crippen molar-refractivity contribution >= 4 is 11.6 Å². The molecule has 1 amide bonds. The van der Waals surface area contributed by atoms with Crippen LogP contribution in [0.1, 0.15) is 37.6 Å². The van der Waals surface area contributed by atoms with Crippen molar-refractivity contribution in [2.75, 3.05) is 0 Å². The third kappa shape index (κ3) is 4.31. The number of nitrogens with zero attached hydrogens (tertiary/aromatic N) is 1. The second kappa shape index (κ2) is 6.26. The summed E-state index contributed by atoms with van der Waals surface area (Å²) in [5.41, 5.74) is -0.642. The quantitative estimate of drug-likeness (QED) is 0.659. The van der Waals surface area contributed by atoms with Crippen LogP contribution in [-0.2, 0) is 0 Å². The van der Waals surface area contributed by atoms with Gasteiger partial charge in [0.25, 0.3) is 11.6 Å². The molecule has 1 atom stereocenters. The van der Waals surface area contributed by atoms with Crippen molar-refractivity contribution in [2.24, 2.45) is 5.92 Å². The minimum Gasteiger partial charge on any atom is -0.349 e. The molecule has 0 saturated carbocycles. The number of benzene rings is 1. The summed E-state index contributed by atoms with van der Waals surface area (Å²) >= 11 is 0. The first-order valence-electron chi connectivity index (χ1n) is 6.06. The monoisotopic (exact) mass is 268 g/mol. The molecule has 1 aromatic rings. The molecule has 0 spiro atoms. The largest absolute Gasteiger partial charge is 0.349 e. The van der Waals surface area contributed by atoms with Crippen LogP contribution in [0.4, 0.5) is 10.1 Å². The van der Waals surface area contributed by atoms with Gasteiger partial charge >= 0.3 is 0 Å². The Kier molecular flexibility index (Phi) is 4.97. The van der Waals surface area contributed by atoms with Gasteiger partial charge in [-0.05, 0) is 31.4 Å². The van der Waals surface area contributed by atoms with Gasteiger partial charge in [0.1, 0.15) is 11.4 Å². The fourth-order valence-corrected chi connectivity index (χ4v) is 1.92. The Morgan fingerprint density at radius 3 is 2.58 bits per heavy atom. The van der Waals surface area contributed by atoms with Crippen molar-refractivity contribution < 1.29 is 14.1 Å². The van der Waals surface area contributed by atoms with Crippen LogP contribution in [0.3, 0.4) is 0 Å². The summed E-state index contributed by atoms with van der Waals surface area (Å²) in [7, 11) is 0. The van der Waals surface area contributed by atoms with Crippen molar-refractivity contribution in [1.29, 1.82) is 0 Å². The topological polar surface area (TPSA) is 72.2 Å². The molecular formula is C13H17FN2O3. The number of nitro groups is 1. The van der Waals surface area contributed by atoms with E-state index in [0.29, 0.717) is 5.92 Å². The van der Waals surface area contributed by atoms with Crippen molar-refractivity contribution in [1.82, 2.24) is 5.32 Å². The van der Waals surface area contributed by atoms with E-state index in [-0.39, 0.29) is 11.6 Å². The number of nitrogens with one attached hydrogen (secondary N) is 1. The van der Waals surface area contributed by atoms with Crippen LogP contribution in [0.5, 0.6) is 0 Å². The summed E-state index contributed by atoms with van der Waals surface area (Å²) in [6, 6.07) is 2.72. The van der Waals surface area contributed by atoms with Crippen LogP contribution in [0.2, 0.25) is 0 Å². The van der Waals surface area contributed by atoms with Crippen LogP contribution in [0, 0.1) is 21.8 Å². The van der Waals surface area contributed by atoms with E-state index in [4.69, 9.17) is 0 Å². The third-order valence-corrected chi connectivity index (χ3v) is 2.60. The summed E-state index contributed by atoms with van der Waals surface area (Å²) in [5, 5.41) is 13.4. The Labute approximate surface area is 111 Å². The molecule has 19 heavy (non-hydrogen) atoms. The fourth-order valence-electron chi connectivity index (χ4n) is 1.92. The summed E-state index contributed by atoms with van der Waals surface area (Å²) in [6.45, 7) is 5.82. The molecule has 0 radical (unpaired) electrons. The van der Waals surface area contributed by atoms with Gasteiger partial charge in [-0.15, -0.1) is 0 Å². The van der Waals surface area contributed by atoms with Crippen LogP contribution >= 0.6 is 0 Å². The van der Waals surface area contributed by atoms with Gasteiger partial charge in [0, 0.05) is 12.1 Å². The first-order valence-corrected chi connectivity index (χ1v) is 6.06. The Morgan fingerprint density at radius 1 is 1.42 bits per heavy atom. The first kappa shape index (κ1) is 15.1. The summed E-state index contributed by atoms with van der Waals surface area (Å²) < 4.78 is 13.1. The zero-order chi connectivity index (χ0) is 14.6. The van der Waals surface area contributed by atoms with E-state index >= 15 is 0 Å². The van der Waals surface area contributed by atoms with Crippen LogP contribution < -0.4 is 5.32 Å². The first-order chi connectivity index (χ1) is 8.81. The zero-order valence-electron chi connectivity index (χ0n) is 11.1. The SMILES string of the molecule is CC(C)CC(C)NC(=O)c1cc(F)ccc1[N+](=O)[O-]. The second-order valence-corrected chi connectivity index (χ2v) is 4.92. The number of hydrogen-bond acceptors (Lipinski definition) is 3. The highest BCUT2D eigenvalue weighted by Gasteiger charge is 2.22. The van der Waals surface area contributed by atoms with Crippen LogP contribution in [-0.4, -0.2) is 16.9 Å². The van der Waals surface area contributed by atoms with Crippen molar-refractivity contribution in [2.45, 2.75) is 33.2 Å². The molecule has 0 aliphatic carbocycles. The molecule has 104 valence electrons. The molecule has 0 aliphatic rings. The molecule has 0 bridgehead atoms. The van der Waals surface area contributed by atoms with E-state index in [1.807, 2.05) is 20.8 Å². The standard InChI is InChI=1S/C13H17FN2O3/c1-8(2)6-9(3)15-13(17)11-7-10(14)4-5-12(11)16(18)19/h4-5,7-9H,6H2,1-3H3,(H,15,17). The van der Waals surface area contributed by atoms with Crippen LogP contribution in [0.25, 0.3) is 0 Å². The average Bonchev–Trinajstić information content (AvgIpc) is 2.26. The molecule has 1 aromatic carbocycles. The normalized spacial score (nSPS) is 12.3. The lowest BCUT2D eigenvalue weighted by molar-refractivity contribution is -0.385. The Morgan fingerprint density at radius 2 is 2.05 bits per heavy atom. The lowest BCUT2D eigenvalue weighted by Gasteiger charge is -2.15. The van der Waals surface area contributed by atoms with Gasteiger partial charge in [-0.25, -0.2) is 4.39 Å². The fraction of sp³-hybridized carbons (Fsp3) is 0.462. The van der Waals surface area contributed by atoms with E-state index in [1.54, 1.807) is 0 Å². The number of carbonyl (C=O) groups excluding carboxylic acids is 1. The van der Waals surface area contributed by atoms with E-state index in [0.717, 1.165) is 24.6 Å². The predicted octanol–water partition coefficient (Wildman–Crippen LogP) is 2.90. The van der Waals surface area contributed by atoms with E-state index in [1.165, 1.54) is 0 Å². The number of nitro benzene ring substituents is 1. The van der Waals surface area contributed by atoms with Gasteiger partial charge in [0.15, 0.2) is 0 Å². The van der Waals surface area contributed by atoms with E-state index in [2.05, 4.69) is 5.32 Å². The lowest BCUT2D eigenvalue weighted by atomic mass is 10.0. The van der Waals surface area contributed by atoms with Crippen molar-refractivity contribution in [3.63, 3.8) is 0 Å². The Balaban J connectivity index is 2.92. The lowest BCUT2D eigenvalue weighted by Crippen LogP contribution is -2.33.